The Morgan fingerprint density at radius 3 is 2.31 bits per heavy atom. The number of nitrogens with zero attached hydrogens (tertiary/aromatic N) is 1. The molecule has 2 heteroatoms. The Labute approximate surface area is 99.8 Å². The van der Waals surface area contributed by atoms with Crippen LogP contribution in [0.3, 0.4) is 0 Å². The van der Waals surface area contributed by atoms with Crippen LogP contribution in [0.4, 0.5) is 0 Å². The zero-order valence-corrected chi connectivity index (χ0v) is 10.6. The second kappa shape index (κ2) is 4.66. The van der Waals surface area contributed by atoms with Crippen LogP contribution in [0.15, 0.2) is 0 Å². The van der Waals surface area contributed by atoms with Gasteiger partial charge in [-0.3, -0.25) is 0 Å². The average Bonchev–Trinajstić information content (AvgIpc) is 3.14. The molecule has 0 amide bonds. The fraction of sp³-hybridized carbons (Fsp3) is 1.00. The summed E-state index contributed by atoms with van der Waals surface area (Å²) in [4.78, 5) is 2.66. The van der Waals surface area contributed by atoms with Gasteiger partial charge in [0.05, 0.1) is 0 Å². The molecule has 2 atom stereocenters. The van der Waals surface area contributed by atoms with E-state index in [0.717, 1.165) is 23.9 Å². The van der Waals surface area contributed by atoms with Gasteiger partial charge in [0.2, 0.25) is 0 Å². The smallest absolute Gasteiger partial charge is 0.0246 e. The van der Waals surface area contributed by atoms with Crippen molar-refractivity contribution in [1.82, 2.24) is 10.2 Å². The topological polar surface area (TPSA) is 15.3 Å². The largest absolute Gasteiger partial charge is 0.311 e. The van der Waals surface area contributed by atoms with Crippen LogP contribution in [0, 0.1) is 11.8 Å². The van der Waals surface area contributed by atoms with Crippen molar-refractivity contribution < 1.29 is 0 Å². The fourth-order valence-electron chi connectivity index (χ4n) is 3.80. The normalized spacial score (nSPS) is 38.8. The molecular formula is C14H26N2. The Morgan fingerprint density at radius 1 is 0.938 bits per heavy atom. The van der Waals surface area contributed by atoms with Gasteiger partial charge in [0.1, 0.15) is 0 Å². The number of nitrogens with one attached hydrogen (secondary N) is 1. The van der Waals surface area contributed by atoms with Crippen molar-refractivity contribution in [3.05, 3.63) is 0 Å². The molecule has 16 heavy (non-hydrogen) atoms. The Kier molecular flexibility index (Phi) is 3.21. The Hall–Kier alpha value is -0.0800. The van der Waals surface area contributed by atoms with Crippen LogP contribution in [0.2, 0.25) is 0 Å². The molecule has 2 aliphatic carbocycles. The molecule has 3 fully saturated rings. The zero-order chi connectivity index (χ0) is 11.0. The van der Waals surface area contributed by atoms with E-state index in [1.807, 2.05) is 0 Å². The minimum Gasteiger partial charge on any atom is -0.311 e. The van der Waals surface area contributed by atoms with Gasteiger partial charge < -0.3 is 10.2 Å². The molecule has 0 bridgehead atoms. The monoisotopic (exact) mass is 222 g/mol. The van der Waals surface area contributed by atoms with Crippen LogP contribution in [0.5, 0.6) is 0 Å². The van der Waals surface area contributed by atoms with Crippen LogP contribution in [-0.2, 0) is 0 Å². The van der Waals surface area contributed by atoms with E-state index >= 15 is 0 Å². The predicted octanol–water partition coefficient (Wildman–Crippen LogP) is 2.25. The lowest BCUT2D eigenvalue weighted by molar-refractivity contribution is 0.0904. The van der Waals surface area contributed by atoms with Crippen molar-refractivity contribution in [3.8, 4) is 0 Å². The first kappa shape index (κ1) is 11.0. The highest BCUT2D eigenvalue weighted by Crippen LogP contribution is 2.36. The molecule has 3 rings (SSSR count). The highest BCUT2D eigenvalue weighted by molar-refractivity contribution is 4.95. The average molecular weight is 222 g/mol. The SMILES string of the molecule is CN1CC(C2CC2)NCC1C1CCCCC1. The summed E-state index contributed by atoms with van der Waals surface area (Å²) >= 11 is 0. The molecule has 2 nitrogen and oxygen atoms in total. The van der Waals surface area contributed by atoms with Crippen LogP contribution >= 0.6 is 0 Å². The van der Waals surface area contributed by atoms with Crippen LogP contribution in [0.25, 0.3) is 0 Å². The molecule has 2 saturated carbocycles. The van der Waals surface area contributed by atoms with Crippen molar-refractivity contribution in [1.29, 1.82) is 0 Å². The summed E-state index contributed by atoms with van der Waals surface area (Å²) in [6.45, 7) is 2.55. The van der Waals surface area contributed by atoms with E-state index in [1.54, 1.807) is 0 Å². The van der Waals surface area contributed by atoms with Gasteiger partial charge in [-0.2, -0.15) is 0 Å². The van der Waals surface area contributed by atoms with Crippen LogP contribution < -0.4 is 5.32 Å². The van der Waals surface area contributed by atoms with Gasteiger partial charge in [0.15, 0.2) is 0 Å². The highest BCUT2D eigenvalue weighted by Gasteiger charge is 2.38. The fourth-order valence-corrected chi connectivity index (χ4v) is 3.80. The van der Waals surface area contributed by atoms with Crippen LogP contribution in [-0.4, -0.2) is 37.1 Å². The van der Waals surface area contributed by atoms with Crippen molar-refractivity contribution >= 4 is 0 Å². The number of piperazine rings is 1. The van der Waals surface area contributed by atoms with Gasteiger partial charge >= 0.3 is 0 Å². The maximum absolute atomic E-state index is 3.82. The number of rotatable bonds is 2. The number of likely N-dealkylation sites (N-methyl/N-ethyl adjacent to an activating group) is 1. The Bertz CT molecular complexity index is 231. The summed E-state index contributed by atoms with van der Waals surface area (Å²) in [6, 6.07) is 1.64. The summed E-state index contributed by atoms with van der Waals surface area (Å²) in [5.41, 5.74) is 0. The molecule has 0 aromatic carbocycles. The van der Waals surface area contributed by atoms with Gasteiger partial charge in [-0.05, 0) is 44.6 Å². The van der Waals surface area contributed by atoms with Crippen molar-refractivity contribution in [2.45, 2.75) is 57.0 Å². The second-order valence-corrected chi connectivity index (χ2v) is 6.26. The third kappa shape index (κ3) is 2.28. The molecule has 0 aromatic heterocycles. The molecule has 1 saturated heterocycles. The molecule has 92 valence electrons. The maximum atomic E-state index is 3.82. The summed E-state index contributed by atoms with van der Waals surface area (Å²) in [6.07, 6.45) is 10.3. The predicted molar refractivity (Wildman–Crippen MR) is 67.5 cm³/mol. The van der Waals surface area contributed by atoms with E-state index in [1.165, 1.54) is 58.0 Å². The standard InChI is InChI=1S/C14H26N2/c1-16-10-13(11-7-8-11)15-9-14(16)12-5-3-2-4-6-12/h11-15H,2-10H2,1H3. The highest BCUT2D eigenvalue weighted by atomic mass is 15.2. The molecule has 0 spiro atoms. The lowest BCUT2D eigenvalue weighted by Gasteiger charge is -2.43. The molecule has 0 aromatic rings. The third-order valence-corrected chi connectivity index (χ3v) is 5.03. The first-order valence-corrected chi connectivity index (χ1v) is 7.28. The second-order valence-electron chi connectivity index (χ2n) is 6.26. The van der Waals surface area contributed by atoms with Gasteiger partial charge in [-0.15, -0.1) is 0 Å². The van der Waals surface area contributed by atoms with E-state index in [9.17, 15) is 0 Å². The number of hydrogen-bond acceptors (Lipinski definition) is 2. The molecule has 0 radical (unpaired) electrons. The summed E-state index contributed by atoms with van der Waals surface area (Å²) in [7, 11) is 2.36. The molecule has 1 heterocycles. The van der Waals surface area contributed by atoms with Crippen LogP contribution in [0.1, 0.15) is 44.9 Å². The van der Waals surface area contributed by atoms with Crippen molar-refractivity contribution in [2.75, 3.05) is 20.1 Å². The first-order chi connectivity index (χ1) is 7.84. The quantitative estimate of drug-likeness (QED) is 0.771. The molecule has 1 N–H and O–H groups in total. The molecule has 3 aliphatic rings. The Balaban J connectivity index is 1.55. The van der Waals surface area contributed by atoms with Gasteiger partial charge in [-0.25, -0.2) is 0 Å². The first-order valence-electron chi connectivity index (χ1n) is 7.28. The summed E-state index contributed by atoms with van der Waals surface area (Å²) < 4.78 is 0. The lowest BCUT2D eigenvalue weighted by Crippen LogP contribution is -2.58. The lowest BCUT2D eigenvalue weighted by atomic mass is 9.82. The van der Waals surface area contributed by atoms with Gasteiger partial charge in [-0.1, -0.05) is 19.3 Å². The minimum absolute atomic E-state index is 0.810. The van der Waals surface area contributed by atoms with Crippen molar-refractivity contribution in [2.24, 2.45) is 11.8 Å². The number of hydrogen-bond donors (Lipinski definition) is 1. The van der Waals surface area contributed by atoms with E-state index in [4.69, 9.17) is 0 Å². The molecule has 1 aliphatic heterocycles. The summed E-state index contributed by atoms with van der Waals surface area (Å²) in [5, 5.41) is 3.82. The van der Waals surface area contributed by atoms with E-state index < -0.39 is 0 Å². The zero-order valence-electron chi connectivity index (χ0n) is 10.6. The third-order valence-electron chi connectivity index (χ3n) is 5.03. The maximum Gasteiger partial charge on any atom is 0.0246 e. The Morgan fingerprint density at radius 2 is 1.69 bits per heavy atom. The van der Waals surface area contributed by atoms with E-state index in [-0.39, 0.29) is 0 Å². The molecular weight excluding hydrogens is 196 g/mol. The van der Waals surface area contributed by atoms with E-state index in [0.29, 0.717) is 0 Å². The van der Waals surface area contributed by atoms with Crippen molar-refractivity contribution in [3.63, 3.8) is 0 Å². The molecule has 2 unspecified atom stereocenters. The van der Waals surface area contributed by atoms with Gasteiger partial charge in [0.25, 0.3) is 0 Å². The van der Waals surface area contributed by atoms with Gasteiger partial charge in [0, 0.05) is 25.2 Å². The minimum atomic E-state index is 0.810. The summed E-state index contributed by atoms with van der Waals surface area (Å²) in [5.74, 6) is 1.99. The van der Waals surface area contributed by atoms with E-state index in [2.05, 4.69) is 17.3 Å².